The largest absolute Gasteiger partial charge is 0.352 e. The third kappa shape index (κ3) is 4.56. The number of nitrogens with zero attached hydrogens (tertiary/aromatic N) is 2. The fourth-order valence-electron chi connectivity index (χ4n) is 2.30. The molecule has 0 spiro atoms. The van der Waals surface area contributed by atoms with Gasteiger partial charge in [0.1, 0.15) is 4.90 Å². The van der Waals surface area contributed by atoms with E-state index < -0.39 is 10.0 Å². The highest BCUT2D eigenvalue weighted by Crippen LogP contribution is 2.21. The molecule has 0 fully saturated rings. The Morgan fingerprint density at radius 2 is 1.95 bits per heavy atom. The Hall–Kier alpha value is -0.850. The molecule has 0 unspecified atom stereocenters. The summed E-state index contributed by atoms with van der Waals surface area (Å²) in [7, 11) is -1.52. The summed E-state index contributed by atoms with van der Waals surface area (Å²) in [5.74, 6) is 0. The van der Waals surface area contributed by atoms with Crippen LogP contribution in [-0.4, -0.2) is 36.4 Å². The molecule has 1 rings (SSSR count). The van der Waals surface area contributed by atoms with Crippen molar-refractivity contribution in [3.05, 3.63) is 18.0 Å². The van der Waals surface area contributed by atoms with Gasteiger partial charge in [0.25, 0.3) is 0 Å². The van der Waals surface area contributed by atoms with E-state index in [4.69, 9.17) is 0 Å². The van der Waals surface area contributed by atoms with Crippen LogP contribution in [0.3, 0.4) is 0 Å². The van der Waals surface area contributed by atoms with E-state index in [0.29, 0.717) is 18.0 Å². The van der Waals surface area contributed by atoms with Crippen LogP contribution in [0.25, 0.3) is 0 Å². The second-order valence-corrected chi connectivity index (χ2v) is 7.55. The number of nitrogens with one attached hydrogen (secondary N) is 1. The van der Waals surface area contributed by atoms with E-state index in [1.165, 1.54) is 0 Å². The molecule has 1 N–H and O–H groups in total. The number of rotatable bonds is 9. The van der Waals surface area contributed by atoms with E-state index in [1.807, 2.05) is 32.4 Å². The van der Waals surface area contributed by atoms with Crippen molar-refractivity contribution >= 4 is 10.0 Å². The van der Waals surface area contributed by atoms with E-state index in [1.54, 1.807) is 16.6 Å². The second kappa shape index (κ2) is 7.96. The molecule has 0 bridgehead atoms. The van der Waals surface area contributed by atoms with Crippen molar-refractivity contribution in [3.8, 4) is 0 Å². The van der Waals surface area contributed by atoms with Gasteiger partial charge in [0, 0.05) is 38.1 Å². The first-order chi connectivity index (χ1) is 9.84. The molecule has 5 nitrogen and oxygen atoms in total. The van der Waals surface area contributed by atoms with Gasteiger partial charge in [-0.3, -0.25) is 0 Å². The smallest absolute Gasteiger partial charge is 0.244 e. The van der Waals surface area contributed by atoms with Gasteiger partial charge in [-0.25, -0.2) is 8.42 Å². The molecule has 6 heteroatoms. The Kier molecular flexibility index (Phi) is 6.90. The lowest BCUT2D eigenvalue weighted by atomic mass is 10.4. The Balaban J connectivity index is 3.00. The van der Waals surface area contributed by atoms with Crippen molar-refractivity contribution in [2.24, 2.45) is 7.05 Å². The Labute approximate surface area is 129 Å². The third-order valence-corrected chi connectivity index (χ3v) is 5.48. The number of aryl methyl sites for hydroxylation is 1. The van der Waals surface area contributed by atoms with Crippen molar-refractivity contribution < 1.29 is 8.42 Å². The first-order valence-corrected chi connectivity index (χ1v) is 9.16. The first-order valence-electron chi connectivity index (χ1n) is 7.72. The van der Waals surface area contributed by atoms with Crippen molar-refractivity contribution in [1.29, 1.82) is 0 Å². The molecule has 0 radical (unpaired) electrons. The molecule has 1 aromatic heterocycles. The maximum Gasteiger partial charge on any atom is 0.244 e. The highest BCUT2D eigenvalue weighted by molar-refractivity contribution is 7.89. The van der Waals surface area contributed by atoms with Gasteiger partial charge in [-0.05, 0) is 39.3 Å². The molecule has 0 saturated heterocycles. The van der Waals surface area contributed by atoms with Crippen molar-refractivity contribution in [2.75, 3.05) is 13.1 Å². The number of hydrogen-bond acceptors (Lipinski definition) is 3. The van der Waals surface area contributed by atoms with Crippen molar-refractivity contribution in [1.82, 2.24) is 14.2 Å². The summed E-state index contributed by atoms with van der Waals surface area (Å²) in [6, 6.07) is 1.75. The molecule has 0 aromatic carbocycles. The van der Waals surface area contributed by atoms with E-state index in [-0.39, 0.29) is 6.04 Å². The molecule has 1 heterocycles. The standard InChI is InChI=1S/C15H29N3O2S/c1-6-8-16-11-14-10-15(12-17(14)5)21(19,20)18(9-7-2)13(3)4/h10,12-13,16H,6-9,11H2,1-5H3. The molecular formula is C15H29N3O2S. The van der Waals surface area contributed by atoms with Crippen LogP contribution in [0.5, 0.6) is 0 Å². The fraction of sp³-hybridized carbons (Fsp3) is 0.733. The van der Waals surface area contributed by atoms with Crippen LogP contribution in [0.1, 0.15) is 46.2 Å². The highest BCUT2D eigenvalue weighted by Gasteiger charge is 2.27. The maximum absolute atomic E-state index is 12.8. The van der Waals surface area contributed by atoms with E-state index in [2.05, 4.69) is 12.2 Å². The van der Waals surface area contributed by atoms with Crippen LogP contribution in [0.4, 0.5) is 0 Å². The highest BCUT2D eigenvalue weighted by atomic mass is 32.2. The Bertz CT molecular complexity index is 535. The molecule has 21 heavy (non-hydrogen) atoms. The summed E-state index contributed by atoms with van der Waals surface area (Å²) >= 11 is 0. The van der Waals surface area contributed by atoms with Gasteiger partial charge in [-0.1, -0.05) is 13.8 Å². The molecule has 0 aliphatic carbocycles. The predicted octanol–water partition coefficient (Wildman–Crippen LogP) is 2.33. The molecule has 0 aliphatic rings. The zero-order valence-corrected chi connectivity index (χ0v) is 14.7. The minimum Gasteiger partial charge on any atom is -0.352 e. The quantitative estimate of drug-likeness (QED) is 0.712. The second-order valence-electron chi connectivity index (χ2n) is 5.66. The predicted molar refractivity (Wildman–Crippen MR) is 86.7 cm³/mol. The molecule has 122 valence electrons. The summed E-state index contributed by atoms with van der Waals surface area (Å²) in [6.07, 6.45) is 3.59. The monoisotopic (exact) mass is 315 g/mol. The SMILES string of the molecule is CCCNCc1cc(S(=O)(=O)N(CCC)C(C)C)cn1C. The first kappa shape index (κ1) is 18.2. The van der Waals surface area contributed by atoms with E-state index in [9.17, 15) is 8.42 Å². The molecule has 0 amide bonds. The van der Waals surface area contributed by atoms with Gasteiger partial charge in [0.2, 0.25) is 10.0 Å². The van der Waals surface area contributed by atoms with Crippen molar-refractivity contribution in [2.45, 2.75) is 58.0 Å². The summed E-state index contributed by atoms with van der Waals surface area (Å²) in [6.45, 7) is 10.1. The van der Waals surface area contributed by atoms with Gasteiger partial charge in [0.15, 0.2) is 0 Å². The zero-order chi connectivity index (χ0) is 16.0. The average molecular weight is 315 g/mol. The summed E-state index contributed by atoms with van der Waals surface area (Å²) < 4.78 is 29.0. The maximum atomic E-state index is 12.8. The molecule has 0 aliphatic heterocycles. The Morgan fingerprint density at radius 1 is 1.29 bits per heavy atom. The summed E-state index contributed by atoms with van der Waals surface area (Å²) in [4.78, 5) is 0.389. The lowest BCUT2D eigenvalue weighted by Crippen LogP contribution is -2.37. The summed E-state index contributed by atoms with van der Waals surface area (Å²) in [5, 5.41) is 3.30. The van der Waals surface area contributed by atoms with Crippen LogP contribution in [-0.2, 0) is 23.6 Å². The molecule has 0 atom stereocenters. The van der Waals surface area contributed by atoms with Gasteiger partial charge >= 0.3 is 0 Å². The van der Waals surface area contributed by atoms with Crippen LogP contribution in [0, 0.1) is 0 Å². The van der Waals surface area contributed by atoms with Crippen LogP contribution >= 0.6 is 0 Å². The minimum atomic E-state index is -3.41. The fourth-order valence-corrected chi connectivity index (χ4v) is 4.12. The van der Waals surface area contributed by atoms with Gasteiger partial charge < -0.3 is 9.88 Å². The molecule has 1 aromatic rings. The van der Waals surface area contributed by atoms with Crippen LogP contribution in [0.2, 0.25) is 0 Å². The number of hydrogen-bond donors (Lipinski definition) is 1. The number of sulfonamides is 1. The zero-order valence-electron chi connectivity index (χ0n) is 13.9. The Morgan fingerprint density at radius 3 is 2.48 bits per heavy atom. The van der Waals surface area contributed by atoms with E-state index in [0.717, 1.165) is 25.1 Å². The van der Waals surface area contributed by atoms with Gasteiger partial charge in [-0.2, -0.15) is 4.31 Å². The lowest BCUT2D eigenvalue weighted by Gasteiger charge is -2.24. The minimum absolute atomic E-state index is 0.0307. The van der Waals surface area contributed by atoms with E-state index >= 15 is 0 Å². The normalized spacial score (nSPS) is 12.5. The van der Waals surface area contributed by atoms with Crippen LogP contribution < -0.4 is 5.32 Å². The topological polar surface area (TPSA) is 54.3 Å². The number of aromatic nitrogens is 1. The average Bonchev–Trinajstić information content (AvgIpc) is 2.78. The van der Waals surface area contributed by atoms with Crippen molar-refractivity contribution in [3.63, 3.8) is 0 Å². The third-order valence-electron chi connectivity index (χ3n) is 3.44. The molecule has 0 saturated carbocycles. The summed E-state index contributed by atoms with van der Waals surface area (Å²) in [5.41, 5.74) is 0.988. The van der Waals surface area contributed by atoms with Gasteiger partial charge in [0.05, 0.1) is 0 Å². The van der Waals surface area contributed by atoms with Gasteiger partial charge in [-0.15, -0.1) is 0 Å². The lowest BCUT2D eigenvalue weighted by molar-refractivity contribution is 0.354. The molecular weight excluding hydrogens is 286 g/mol. The van der Waals surface area contributed by atoms with Crippen LogP contribution in [0.15, 0.2) is 17.2 Å².